The SMILES string of the molecule is CC(C)(C)OC(=O)C(CCC[C@H](NC(=O)OCC1c2ccccc2-c2ccccc21)C(=O)O)C(=O)O. The van der Waals surface area contributed by atoms with E-state index in [1.54, 1.807) is 20.8 Å². The zero-order valence-corrected chi connectivity index (χ0v) is 20.5. The second-order valence-corrected chi connectivity index (χ2v) is 9.72. The van der Waals surface area contributed by atoms with E-state index < -0.39 is 41.6 Å². The Labute approximate surface area is 209 Å². The molecule has 1 aliphatic rings. The first-order chi connectivity index (χ1) is 17.0. The number of rotatable bonds is 10. The molecule has 2 atom stereocenters. The Morgan fingerprint density at radius 1 is 0.889 bits per heavy atom. The van der Waals surface area contributed by atoms with Crippen LogP contribution in [0.1, 0.15) is 57.1 Å². The Morgan fingerprint density at radius 3 is 1.94 bits per heavy atom. The van der Waals surface area contributed by atoms with Crippen LogP contribution in [-0.2, 0) is 23.9 Å². The fraction of sp³-hybridized carbons (Fsp3) is 0.407. The Bertz CT molecular complexity index is 1090. The summed E-state index contributed by atoms with van der Waals surface area (Å²) in [6.07, 6.45) is -1.02. The van der Waals surface area contributed by atoms with Gasteiger partial charge < -0.3 is 25.0 Å². The number of aliphatic carboxylic acids is 2. The third-order valence-corrected chi connectivity index (χ3v) is 5.91. The molecule has 0 radical (unpaired) electrons. The second kappa shape index (κ2) is 11.2. The summed E-state index contributed by atoms with van der Waals surface area (Å²) in [7, 11) is 0. The molecule has 2 aromatic rings. The van der Waals surface area contributed by atoms with Crippen LogP contribution < -0.4 is 5.32 Å². The van der Waals surface area contributed by atoms with E-state index in [1.807, 2.05) is 48.5 Å². The molecule has 0 saturated carbocycles. The van der Waals surface area contributed by atoms with Crippen LogP contribution in [0.4, 0.5) is 4.79 Å². The van der Waals surface area contributed by atoms with E-state index in [1.165, 1.54) is 0 Å². The normalized spacial score (nSPS) is 14.2. The number of carbonyl (C=O) groups excluding carboxylic acids is 2. The maximum Gasteiger partial charge on any atom is 0.407 e. The minimum absolute atomic E-state index is 0.0337. The Balaban J connectivity index is 1.56. The Kier molecular flexibility index (Phi) is 8.34. The van der Waals surface area contributed by atoms with Crippen LogP contribution in [0.2, 0.25) is 0 Å². The molecule has 2 aromatic carbocycles. The van der Waals surface area contributed by atoms with Crippen LogP contribution in [0.25, 0.3) is 11.1 Å². The molecule has 36 heavy (non-hydrogen) atoms. The molecule has 0 saturated heterocycles. The minimum atomic E-state index is -1.42. The molecule has 1 amide bonds. The summed E-state index contributed by atoms with van der Waals surface area (Å²) in [6, 6.07) is 14.4. The number of hydrogen-bond donors (Lipinski definition) is 3. The molecule has 0 aromatic heterocycles. The summed E-state index contributed by atoms with van der Waals surface area (Å²) in [5.41, 5.74) is 3.36. The number of alkyl carbamates (subject to hydrolysis) is 1. The van der Waals surface area contributed by atoms with Crippen LogP contribution in [0, 0.1) is 5.92 Å². The molecular weight excluding hydrogens is 466 g/mol. The van der Waals surface area contributed by atoms with Gasteiger partial charge in [0.1, 0.15) is 18.2 Å². The number of carboxylic acid groups (broad SMARTS) is 2. The summed E-state index contributed by atoms with van der Waals surface area (Å²) in [5.74, 6) is -5.11. The molecular formula is C27H31NO8. The standard InChI is InChI=1S/C27H31NO8/c1-27(2,3)36-25(33)20(23(29)30)13-8-14-22(24(31)32)28-26(34)35-15-21-18-11-6-4-9-16(18)17-10-5-7-12-19(17)21/h4-7,9-12,20-22H,8,13-15H2,1-3H3,(H,28,34)(H,29,30)(H,31,32)/t20?,22-/m0/s1. The predicted molar refractivity (Wildman–Crippen MR) is 130 cm³/mol. The summed E-state index contributed by atoms with van der Waals surface area (Å²) < 4.78 is 10.5. The van der Waals surface area contributed by atoms with Crippen LogP contribution in [-0.4, -0.2) is 52.5 Å². The van der Waals surface area contributed by atoms with Crippen molar-refractivity contribution in [1.29, 1.82) is 0 Å². The van der Waals surface area contributed by atoms with Crippen molar-refractivity contribution in [2.75, 3.05) is 6.61 Å². The largest absolute Gasteiger partial charge is 0.481 e. The lowest BCUT2D eigenvalue weighted by Crippen LogP contribution is -2.41. The molecule has 0 bridgehead atoms. The first-order valence-electron chi connectivity index (χ1n) is 11.8. The van der Waals surface area contributed by atoms with Gasteiger partial charge in [-0.1, -0.05) is 48.5 Å². The van der Waals surface area contributed by atoms with Crippen molar-refractivity contribution >= 4 is 24.0 Å². The van der Waals surface area contributed by atoms with Gasteiger partial charge in [0.05, 0.1) is 0 Å². The van der Waals surface area contributed by atoms with Gasteiger partial charge in [-0.15, -0.1) is 0 Å². The van der Waals surface area contributed by atoms with Crippen LogP contribution in [0.5, 0.6) is 0 Å². The molecule has 1 unspecified atom stereocenters. The van der Waals surface area contributed by atoms with E-state index >= 15 is 0 Å². The summed E-state index contributed by atoms with van der Waals surface area (Å²) >= 11 is 0. The van der Waals surface area contributed by atoms with Gasteiger partial charge in [-0.05, 0) is 62.3 Å². The number of carboxylic acids is 2. The second-order valence-electron chi connectivity index (χ2n) is 9.72. The number of esters is 1. The smallest absolute Gasteiger partial charge is 0.407 e. The highest BCUT2D eigenvalue weighted by molar-refractivity contribution is 5.94. The molecule has 1 aliphatic carbocycles. The lowest BCUT2D eigenvalue weighted by atomic mass is 9.98. The zero-order chi connectivity index (χ0) is 26.5. The Hall–Kier alpha value is -3.88. The summed E-state index contributed by atoms with van der Waals surface area (Å²) in [5, 5.41) is 21.2. The van der Waals surface area contributed by atoms with E-state index in [-0.39, 0.29) is 31.8 Å². The minimum Gasteiger partial charge on any atom is -0.481 e. The van der Waals surface area contributed by atoms with Gasteiger partial charge in [-0.3, -0.25) is 9.59 Å². The number of amides is 1. The monoisotopic (exact) mass is 497 g/mol. The third-order valence-electron chi connectivity index (χ3n) is 5.91. The average molecular weight is 498 g/mol. The van der Waals surface area contributed by atoms with Crippen molar-refractivity contribution in [2.45, 2.75) is 57.6 Å². The van der Waals surface area contributed by atoms with Crippen molar-refractivity contribution in [3.8, 4) is 11.1 Å². The molecule has 192 valence electrons. The van der Waals surface area contributed by atoms with Gasteiger partial charge in [0.2, 0.25) is 0 Å². The number of carbonyl (C=O) groups is 4. The quantitative estimate of drug-likeness (QED) is 0.328. The summed E-state index contributed by atoms with van der Waals surface area (Å²) in [6.45, 7) is 4.92. The van der Waals surface area contributed by atoms with Crippen LogP contribution in [0.3, 0.4) is 0 Å². The van der Waals surface area contributed by atoms with Gasteiger partial charge >= 0.3 is 24.0 Å². The van der Waals surface area contributed by atoms with Gasteiger partial charge in [0.25, 0.3) is 0 Å². The van der Waals surface area contributed by atoms with Crippen molar-refractivity contribution in [1.82, 2.24) is 5.32 Å². The maximum atomic E-state index is 12.4. The van der Waals surface area contributed by atoms with Crippen LogP contribution in [0.15, 0.2) is 48.5 Å². The zero-order valence-electron chi connectivity index (χ0n) is 20.5. The van der Waals surface area contributed by atoms with E-state index in [4.69, 9.17) is 9.47 Å². The lowest BCUT2D eigenvalue weighted by Gasteiger charge is -2.22. The van der Waals surface area contributed by atoms with E-state index in [2.05, 4.69) is 5.32 Å². The Morgan fingerprint density at radius 2 is 1.44 bits per heavy atom. The number of nitrogens with one attached hydrogen (secondary N) is 1. The molecule has 0 fully saturated rings. The van der Waals surface area contributed by atoms with E-state index in [0.717, 1.165) is 22.3 Å². The molecule has 9 heteroatoms. The molecule has 9 nitrogen and oxygen atoms in total. The molecule has 3 N–H and O–H groups in total. The van der Waals surface area contributed by atoms with Crippen molar-refractivity contribution in [3.05, 3.63) is 59.7 Å². The highest BCUT2D eigenvalue weighted by atomic mass is 16.6. The van der Waals surface area contributed by atoms with Crippen molar-refractivity contribution in [3.63, 3.8) is 0 Å². The third kappa shape index (κ3) is 6.62. The van der Waals surface area contributed by atoms with Crippen LogP contribution >= 0.6 is 0 Å². The molecule has 0 spiro atoms. The molecule has 0 aliphatic heterocycles. The molecule has 3 rings (SSSR count). The van der Waals surface area contributed by atoms with Crippen molar-refractivity contribution in [2.24, 2.45) is 5.92 Å². The highest BCUT2D eigenvalue weighted by Crippen LogP contribution is 2.44. The fourth-order valence-corrected chi connectivity index (χ4v) is 4.28. The number of ether oxygens (including phenoxy) is 2. The predicted octanol–water partition coefficient (Wildman–Crippen LogP) is 4.19. The number of hydrogen-bond acceptors (Lipinski definition) is 6. The first-order valence-corrected chi connectivity index (χ1v) is 11.8. The van der Waals surface area contributed by atoms with Crippen molar-refractivity contribution < 1.29 is 38.9 Å². The average Bonchev–Trinajstić information content (AvgIpc) is 3.11. The lowest BCUT2D eigenvalue weighted by molar-refractivity contribution is -0.167. The van der Waals surface area contributed by atoms with Gasteiger partial charge in [0, 0.05) is 5.92 Å². The van der Waals surface area contributed by atoms with Gasteiger partial charge in [-0.2, -0.15) is 0 Å². The maximum absolute atomic E-state index is 12.4. The number of fused-ring (bicyclic) bond motifs is 3. The summed E-state index contributed by atoms with van der Waals surface area (Å²) in [4.78, 5) is 47.8. The van der Waals surface area contributed by atoms with Gasteiger partial charge in [-0.25, -0.2) is 9.59 Å². The number of benzene rings is 2. The fourth-order valence-electron chi connectivity index (χ4n) is 4.28. The van der Waals surface area contributed by atoms with E-state index in [9.17, 15) is 29.4 Å². The first kappa shape index (κ1) is 26.7. The highest BCUT2D eigenvalue weighted by Gasteiger charge is 2.32. The van der Waals surface area contributed by atoms with Gasteiger partial charge in [0.15, 0.2) is 5.92 Å². The van der Waals surface area contributed by atoms with E-state index in [0.29, 0.717) is 0 Å². The topological polar surface area (TPSA) is 139 Å². The molecule has 0 heterocycles.